The summed E-state index contributed by atoms with van der Waals surface area (Å²) in [6.07, 6.45) is 0. The van der Waals surface area contributed by atoms with Gasteiger partial charge in [0.1, 0.15) is 11.8 Å². The highest BCUT2D eigenvalue weighted by atomic mass is 16.5. The molecule has 1 aromatic rings. The zero-order valence-electron chi connectivity index (χ0n) is 10.1. The largest absolute Gasteiger partial charge is 0.482 e. The fraction of sp³-hybridized carbons (Fsp3) is 0.250. The molecule has 0 radical (unpaired) electrons. The van der Waals surface area contributed by atoms with Gasteiger partial charge in [-0.25, -0.2) is 0 Å². The van der Waals surface area contributed by atoms with Crippen LogP contribution in [0, 0.1) is 11.3 Å². The number of nitrogens with zero attached hydrogens (tertiary/aromatic N) is 2. The van der Waals surface area contributed by atoms with Crippen molar-refractivity contribution in [1.82, 2.24) is 4.90 Å². The van der Waals surface area contributed by atoms with Crippen molar-refractivity contribution in [2.75, 3.05) is 20.7 Å². The zero-order valence-corrected chi connectivity index (χ0v) is 10.1. The molecule has 94 valence electrons. The van der Waals surface area contributed by atoms with E-state index >= 15 is 0 Å². The Morgan fingerprint density at radius 2 is 2.11 bits per heavy atom. The van der Waals surface area contributed by atoms with E-state index in [2.05, 4.69) is 0 Å². The van der Waals surface area contributed by atoms with Crippen molar-refractivity contribution in [3.63, 3.8) is 0 Å². The van der Waals surface area contributed by atoms with E-state index in [0.717, 1.165) is 0 Å². The van der Waals surface area contributed by atoms with Crippen LogP contribution in [-0.4, -0.2) is 37.4 Å². The van der Waals surface area contributed by atoms with Crippen LogP contribution < -0.4 is 10.5 Å². The van der Waals surface area contributed by atoms with E-state index in [-0.39, 0.29) is 29.4 Å². The van der Waals surface area contributed by atoms with E-state index in [1.807, 2.05) is 6.07 Å². The summed E-state index contributed by atoms with van der Waals surface area (Å²) in [5.41, 5.74) is 5.48. The van der Waals surface area contributed by atoms with Crippen molar-refractivity contribution in [2.24, 2.45) is 5.73 Å². The van der Waals surface area contributed by atoms with Gasteiger partial charge in [-0.05, 0) is 18.2 Å². The predicted molar refractivity (Wildman–Crippen MR) is 63.9 cm³/mol. The molecule has 0 saturated heterocycles. The Morgan fingerprint density at radius 1 is 1.44 bits per heavy atom. The second kappa shape index (κ2) is 5.68. The lowest BCUT2D eigenvalue weighted by molar-refractivity contribution is -0.130. The molecule has 1 rings (SSSR count). The lowest BCUT2D eigenvalue weighted by Gasteiger charge is -2.12. The van der Waals surface area contributed by atoms with E-state index in [4.69, 9.17) is 15.7 Å². The Kier molecular flexibility index (Phi) is 4.27. The van der Waals surface area contributed by atoms with E-state index in [1.165, 1.54) is 23.1 Å². The summed E-state index contributed by atoms with van der Waals surface area (Å²) in [6, 6.07) is 6.11. The van der Waals surface area contributed by atoms with E-state index in [0.29, 0.717) is 0 Å². The number of carbonyl (C=O) groups excluding carboxylic acids is 2. The van der Waals surface area contributed by atoms with Gasteiger partial charge in [-0.2, -0.15) is 5.26 Å². The first-order valence-electron chi connectivity index (χ1n) is 5.12. The average molecular weight is 247 g/mol. The number of hydrogen-bond donors (Lipinski definition) is 1. The van der Waals surface area contributed by atoms with Crippen LogP contribution in [0.4, 0.5) is 0 Å². The second-order valence-corrected chi connectivity index (χ2v) is 3.76. The SMILES string of the molecule is CN(C)C(=O)COc1ccc(C(N)=O)cc1C#N. The number of primary amides is 1. The summed E-state index contributed by atoms with van der Waals surface area (Å²) in [7, 11) is 3.21. The number of benzene rings is 1. The van der Waals surface area contributed by atoms with Crippen molar-refractivity contribution >= 4 is 11.8 Å². The molecule has 0 aliphatic carbocycles. The molecule has 0 aliphatic heterocycles. The summed E-state index contributed by atoms with van der Waals surface area (Å²) in [6.45, 7) is -0.169. The number of ether oxygens (including phenoxy) is 1. The number of nitriles is 1. The standard InChI is InChI=1S/C12H13N3O3/c1-15(2)11(16)7-18-10-4-3-8(12(14)17)5-9(10)6-13/h3-5H,7H2,1-2H3,(H2,14,17). The minimum absolute atomic E-state index is 0.165. The Bertz CT molecular complexity index is 518. The van der Waals surface area contributed by atoms with E-state index in [1.54, 1.807) is 14.1 Å². The maximum Gasteiger partial charge on any atom is 0.259 e. The summed E-state index contributed by atoms with van der Waals surface area (Å²) >= 11 is 0. The first kappa shape index (κ1) is 13.5. The molecule has 0 bridgehead atoms. The topological polar surface area (TPSA) is 96.4 Å². The van der Waals surface area contributed by atoms with E-state index < -0.39 is 5.91 Å². The molecule has 0 heterocycles. The number of hydrogen-bond acceptors (Lipinski definition) is 4. The van der Waals surface area contributed by atoms with Crippen molar-refractivity contribution < 1.29 is 14.3 Å². The van der Waals surface area contributed by atoms with Crippen LogP contribution in [0.15, 0.2) is 18.2 Å². The summed E-state index contributed by atoms with van der Waals surface area (Å²) in [5.74, 6) is -0.599. The molecule has 2 amide bonds. The lowest BCUT2D eigenvalue weighted by atomic mass is 10.1. The van der Waals surface area contributed by atoms with Crippen LogP contribution in [0.3, 0.4) is 0 Å². The smallest absolute Gasteiger partial charge is 0.259 e. The number of nitrogens with two attached hydrogens (primary N) is 1. The summed E-state index contributed by atoms with van der Waals surface area (Å²) in [5, 5.41) is 8.92. The maximum atomic E-state index is 11.3. The third kappa shape index (κ3) is 3.22. The zero-order chi connectivity index (χ0) is 13.7. The number of carbonyl (C=O) groups is 2. The summed E-state index contributed by atoms with van der Waals surface area (Å²) < 4.78 is 5.22. The molecule has 0 fully saturated rings. The summed E-state index contributed by atoms with van der Waals surface area (Å²) in [4.78, 5) is 23.7. The molecule has 0 saturated carbocycles. The molecule has 18 heavy (non-hydrogen) atoms. The Morgan fingerprint density at radius 3 is 2.61 bits per heavy atom. The van der Waals surface area contributed by atoms with Crippen LogP contribution in [0.2, 0.25) is 0 Å². The third-order valence-corrected chi connectivity index (χ3v) is 2.23. The fourth-order valence-corrected chi connectivity index (χ4v) is 1.17. The first-order valence-corrected chi connectivity index (χ1v) is 5.12. The minimum atomic E-state index is -0.623. The number of likely N-dealkylation sites (N-methyl/N-ethyl adjacent to an activating group) is 1. The van der Waals surface area contributed by atoms with Crippen LogP contribution in [0.25, 0.3) is 0 Å². The average Bonchev–Trinajstić information content (AvgIpc) is 2.35. The van der Waals surface area contributed by atoms with Crippen molar-refractivity contribution in [2.45, 2.75) is 0 Å². The Hall–Kier alpha value is -2.55. The van der Waals surface area contributed by atoms with Gasteiger partial charge in [-0.3, -0.25) is 9.59 Å². The molecule has 2 N–H and O–H groups in total. The maximum absolute atomic E-state index is 11.3. The van der Waals surface area contributed by atoms with E-state index in [9.17, 15) is 9.59 Å². The highest BCUT2D eigenvalue weighted by Crippen LogP contribution is 2.19. The quantitative estimate of drug-likeness (QED) is 0.817. The van der Waals surface area contributed by atoms with Gasteiger partial charge in [-0.15, -0.1) is 0 Å². The molecule has 1 aromatic carbocycles. The number of rotatable bonds is 4. The van der Waals surface area contributed by atoms with Crippen molar-refractivity contribution in [1.29, 1.82) is 5.26 Å². The molecule has 0 aromatic heterocycles. The molecule has 6 nitrogen and oxygen atoms in total. The van der Waals surface area contributed by atoms with Crippen LogP contribution >= 0.6 is 0 Å². The number of amides is 2. The van der Waals surface area contributed by atoms with Gasteiger partial charge in [-0.1, -0.05) is 0 Å². The van der Waals surface area contributed by atoms with Gasteiger partial charge in [0.25, 0.3) is 5.91 Å². The molecular formula is C12H13N3O3. The van der Waals surface area contributed by atoms with Crippen LogP contribution in [0.5, 0.6) is 5.75 Å². The Balaban J connectivity index is 2.87. The molecular weight excluding hydrogens is 234 g/mol. The lowest BCUT2D eigenvalue weighted by Crippen LogP contribution is -2.27. The monoisotopic (exact) mass is 247 g/mol. The van der Waals surface area contributed by atoms with Gasteiger partial charge in [0.05, 0.1) is 5.56 Å². The van der Waals surface area contributed by atoms with Crippen molar-refractivity contribution in [3.8, 4) is 11.8 Å². The third-order valence-electron chi connectivity index (χ3n) is 2.23. The minimum Gasteiger partial charge on any atom is -0.482 e. The van der Waals surface area contributed by atoms with Crippen LogP contribution in [0.1, 0.15) is 15.9 Å². The van der Waals surface area contributed by atoms with Crippen LogP contribution in [-0.2, 0) is 4.79 Å². The molecule has 0 atom stereocenters. The van der Waals surface area contributed by atoms with Gasteiger partial charge in [0, 0.05) is 19.7 Å². The van der Waals surface area contributed by atoms with Crippen molar-refractivity contribution in [3.05, 3.63) is 29.3 Å². The fourth-order valence-electron chi connectivity index (χ4n) is 1.17. The highest BCUT2D eigenvalue weighted by molar-refractivity contribution is 5.93. The second-order valence-electron chi connectivity index (χ2n) is 3.76. The predicted octanol–water partition coefficient (Wildman–Crippen LogP) is 0.124. The molecule has 0 spiro atoms. The van der Waals surface area contributed by atoms with Gasteiger partial charge < -0.3 is 15.4 Å². The van der Waals surface area contributed by atoms with Gasteiger partial charge in [0.2, 0.25) is 5.91 Å². The highest BCUT2D eigenvalue weighted by Gasteiger charge is 2.10. The molecule has 6 heteroatoms. The normalized spacial score (nSPS) is 9.39. The first-order chi connectivity index (χ1) is 8.45. The molecule has 0 aliphatic rings. The van der Waals surface area contributed by atoms with Gasteiger partial charge in [0.15, 0.2) is 6.61 Å². The molecule has 0 unspecified atom stereocenters. The van der Waals surface area contributed by atoms with Gasteiger partial charge >= 0.3 is 0 Å². The Labute approximate surface area is 105 Å².